The summed E-state index contributed by atoms with van der Waals surface area (Å²) in [5.41, 5.74) is 1.92. The van der Waals surface area contributed by atoms with Gasteiger partial charge < -0.3 is 14.6 Å². The SMILES string of the molecule is C=CCOC(=O)c1sc(N2C(=O)C(=O)C(=C(O)c3ccc(OC)cc3C)[C@H]2c2ccc(Br)cc2)nc1C. The Morgan fingerprint density at radius 1 is 1.22 bits per heavy atom. The van der Waals surface area contributed by atoms with Gasteiger partial charge in [0, 0.05) is 10.0 Å². The number of ether oxygens (including phenoxy) is 2. The summed E-state index contributed by atoms with van der Waals surface area (Å²) in [6.45, 7) is 6.95. The molecule has 1 N–H and O–H groups in total. The number of hydrogen-bond donors (Lipinski definition) is 1. The fourth-order valence-corrected chi connectivity index (χ4v) is 5.29. The summed E-state index contributed by atoms with van der Waals surface area (Å²) in [4.78, 5) is 45.1. The fourth-order valence-electron chi connectivity index (χ4n) is 4.04. The predicted octanol–water partition coefficient (Wildman–Crippen LogP) is 5.50. The molecule has 8 nitrogen and oxygen atoms in total. The maximum atomic E-state index is 13.4. The van der Waals surface area contributed by atoms with Crippen molar-refractivity contribution in [3.8, 4) is 5.75 Å². The molecule has 0 saturated carbocycles. The second-order valence-corrected chi connectivity index (χ2v) is 10.1. The second-order valence-electron chi connectivity index (χ2n) is 8.20. The molecule has 1 atom stereocenters. The monoisotopic (exact) mass is 582 g/mol. The smallest absolute Gasteiger partial charge is 0.350 e. The van der Waals surface area contributed by atoms with Crippen LogP contribution in [0.2, 0.25) is 0 Å². The average molecular weight is 583 g/mol. The molecule has 2 heterocycles. The van der Waals surface area contributed by atoms with Crippen LogP contribution in [0.5, 0.6) is 5.75 Å². The summed E-state index contributed by atoms with van der Waals surface area (Å²) in [5.74, 6) is -2.04. The van der Waals surface area contributed by atoms with Crippen molar-refractivity contribution in [1.29, 1.82) is 0 Å². The molecule has 0 aliphatic carbocycles. The fraction of sp³-hybridized carbons (Fsp3) is 0.185. The van der Waals surface area contributed by atoms with Crippen molar-refractivity contribution >= 4 is 55.8 Å². The van der Waals surface area contributed by atoms with Crippen LogP contribution < -0.4 is 9.64 Å². The molecule has 4 rings (SSSR count). The summed E-state index contributed by atoms with van der Waals surface area (Å²) in [6.07, 6.45) is 1.45. The molecule has 1 aliphatic heterocycles. The molecule has 1 fully saturated rings. The first-order valence-electron chi connectivity index (χ1n) is 11.1. The largest absolute Gasteiger partial charge is 0.507 e. The number of anilines is 1. The van der Waals surface area contributed by atoms with Crippen molar-refractivity contribution < 1.29 is 29.0 Å². The third-order valence-electron chi connectivity index (χ3n) is 5.83. The minimum atomic E-state index is -0.975. The van der Waals surface area contributed by atoms with Gasteiger partial charge in [0.25, 0.3) is 5.78 Å². The lowest BCUT2D eigenvalue weighted by molar-refractivity contribution is -0.132. The first kappa shape index (κ1) is 26.3. The van der Waals surface area contributed by atoms with Crippen LogP contribution in [0.15, 0.2) is 65.2 Å². The number of benzene rings is 2. The number of hydrogen-bond acceptors (Lipinski definition) is 8. The van der Waals surface area contributed by atoms with E-state index in [4.69, 9.17) is 9.47 Å². The van der Waals surface area contributed by atoms with Crippen molar-refractivity contribution in [2.75, 3.05) is 18.6 Å². The van der Waals surface area contributed by atoms with E-state index in [9.17, 15) is 19.5 Å². The van der Waals surface area contributed by atoms with Crippen LogP contribution in [0.4, 0.5) is 5.13 Å². The molecule has 3 aromatic rings. The molecular formula is C27H23BrN2O6S. The summed E-state index contributed by atoms with van der Waals surface area (Å²) in [5, 5.41) is 11.5. The van der Waals surface area contributed by atoms with Crippen molar-refractivity contribution in [2.24, 2.45) is 0 Å². The number of Topliss-reactive ketones (excluding diaryl/α,β-unsaturated/α-hetero) is 1. The van der Waals surface area contributed by atoms with Crippen LogP contribution in [0.1, 0.15) is 38.1 Å². The minimum Gasteiger partial charge on any atom is -0.507 e. The van der Waals surface area contributed by atoms with Gasteiger partial charge in [-0.15, -0.1) is 0 Å². The van der Waals surface area contributed by atoms with Gasteiger partial charge in [0.2, 0.25) is 0 Å². The molecular weight excluding hydrogens is 560 g/mol. The Balaban J connectivity index is 1.89. The molecule has 1 amide bonds. The third-order valence-corrected chi connectivity index (χ3v) is 7.49. The van der Waals surface area contributed by atoms with E-state index in [1.165, 1.54) is 18.1 Å². The van der Waals surface area contributed by atoms with Crippen molar-refractivity contribution in [3.05, 3.63) is 92.4 Å². The number of halogens is 1. The molecule has 190 valence electrons. The number of aliphatic hydroxyl groups excluding tert-OH is 1. The number of aromatic nitrogens is 1. The van der Waals surface area contributed by atoms with Crippen LogP contribution in [-0.2, 0) is 14.3 Å². The Bertz CT molecular complexity index is 1440. The van der Waals surface area contributed by atoms with Crippen LogP contribution in [0, 0.1) is 13.8 Å². The van der Waals surface area contributed by atoms with Gasteiger partial charge in [-0.1, -0.05) is 52.1 Å². The lowest BCUT2D eigenvalue weighted by Gasteiger charge is -2.23. The quantitative estimate of drug-likeness (QED) is 0.129. The lowest BCUT2D eigenvalue weighted by Crippen LogP contribution is -2.29. The van der Waals surface area contributed by atoms with Crippen molar-refractivity contribution in [1.82, 2.24) is 4.98 Å². The number of aliphatic hydroxyl groups is 1. The summed E-state index contributed by atoms with van der Waals surface area (Å²) < 4.78 is 11.2. The highest BCUT2D eigenvalue weighted by Crippen LogP contribution is 2.44. The molecule has 1 aliphatic rings. The molecule has 10 heteroatoms. The number of methoxy groups -OCH3 is 1. The van der Waals surface area contributed by atoms with Gasteiger partial charge in [-0.2, -0.15) is 0 Å². The highest BCUT2D eigenvalue weighted by Gasteiger charge is 2.48. The molecule has 37 heavy (non-hydrogen) atoms. The van der Waals surface area contributed by atoms with Gasteiger partial charge >= 0.3 is 11.9 Å². The molecule has 0 unspecified atom stereocenters. The highest BCUT2D eigenvalue weighted by atomic mass is 79.9. The minimum absolute atomic E-state index is 0.0239. The standard InChI is InChI=1S/C27H23BrN2O6S/c1-5-12-36-26(34)24-15(3)29-27(37-24)30-21(16-6-8-17(28)9-7-16)20(23(32)25(30)33)22(31)19-11-10-18(35-4)13-14(19)2/h5-11,13,21,31H,1,12H2,2-4H3/t21-/m1/s1. The summed E-state index contributed by atoms with van der Waals surface area (Å²) >= 11 is 4.34. The third kappa shape index (κ3) is 4.94. The summed E-state index contributed by atoms with van der Waals surface area (Å²) in [6, 6.07) is 11.1. The number of rotatable bonds is 7. The van der Waals surface area contributed by atoms with Crippen LogP contribution in [0.25, 0.3) is 5.76 Å². The van der Waals surface area contributed by atoms with E-state index in [1.54, 1.807) is 56.3 Å². The number of nitrogens with zero attached hydrogens (tertiary/aromatic N) is 2. The van der Waals surface area contributed by atoms with Crippen LogP contribution >= 0.6 is 27.3 Å². The topological polar surface area (TPSA) is 106 Å². The van der Waals surface area contributed by atoms with E-state index in [1.807, 2.05) is 0 Å². The van der Waals surface area contributed by atoms with Gasteiger partial charge in [0.15, 0.2) is 5.13 Å². The molecule has 1 aromatic heterocycles. The Morgan fingerprint density at radius 2 is 1.92 bits per heavy atom. The number of carbonyl (C=O) groups excluding carboxylic acids is 3. The molecule has 2 aromatic carbocycles. The molecule has 0 spiro atoms. The molecule has 0 bridgehead atoms. The first-order valence-corrected chi connectivity index (χ1v) is 12.8. The number of amides is 1. The predicted molar refractivity (Wildman–Crippen MR) is 144 cm³/mol. The van der Waals surface area contributed by atoms with Gasteiger partial charge in [-0.3, -0.25) is 14.5 Å². The van der Waals surface area contributed by atoms with Crippen LogP contribution in [0.3, 0.4) is 0 Å². The number of thiazole rings is 1. The molecule has 1 saturated heterocycles. The normalized spacial score (nSPS) is 16.6. The van der Waals surface area contributed by atoms with Gasteiger partial charge in [0.05, 0.1) is 24.4 Å². The van der Waals surface area contributed by atoms with Gasteiger partial charge in [0.1, 0.15) is 23.0 Å². The Labute approximate surface area is 226 Å². The van der Waals surface area contributed by atoms with E-state index in [2.05, 4.69) is 27.5 Å². The number of esters is 1. The number of carbonyl (C=O) groups is 3. The Kier molecular flexibility index (Phi) is 7.60. The lowest BCUT2D eigenvalue weighted by atomic mass is 9.94. The second kappa shape index (κ2) is 10.7. The number of aryl methyl sites for hydroxylation is 2. The van der Waals surface area contributed by atoms with Gasteiger partial charge in [-0.05, 0) is 55.3 Å². The van der Waals surface area contributed by atoms with Crippen LogP contribution in [-0.4, -0.2) is 41.5 Å². The highest BCUT2D eigenvalue weighted by molar-refractivity contribution is 9.10. The zero-order valence-electron chi connectivity index (χ0n) is 20.3. The van der Waals surface area contributed by atoms with E-state index in [0.717, 1.165) is 15.8 Å². The average Bonchev–Trinajstić information content (AvgIpc) is 3.39. The summed E-state index contributed by atoms with van der Waals surface area (Å²) in [7, 11) is 1.53. The maximum Gasteiger partial charge on any atom is 0.350 e. The van der Waals surface area contributed by atoms with E-state index < -0.39 is 23.7 Å². The first-order chi connectivity index (χ1) is 17.7. The number of ketones is 1. The van der Waals surface area contributed by atoms with E-state index in [0.29, 0.717) is 28.1 Å². The zero-order chi connectivity index (χ0) is 26.9. The zero-order valence-corrected chi connectivity index (χ0v) is 22.7. The van der Waals surface area contributed by atoms with E-state index in [-0.39, 0.29) is 27.9 Å². The molecule has 0 radical (unpaired) electrons. The van der Waals surface area contributed by atoms with Crippen molar-refractivity contribution in [3.63, 3.8) is 0 Å². The van der Waals surface area contributed by atoms with Gasteiger partial charge in [-0.25, -0.2) is 9.78 Å². The van der Waals surface area contributed by atoms with Crippen molar-refractivity contribution in [2.45, 2.75) is 19.9 Å². The maximum absolute atomic E-state index is 13.4. The Morgan fingerprint density at radius 3 is 2.54 bits per heavy atom. The van der Waals surface area contributed by atoms with E-state index >= 15 is 0 Å². The Hall–Kier alpha value is -3.76.